The monoisotopic (exact) mass is 295 g/mol. The first kappa shape index (κ1) is 17.0. The van der Waals surface area contributed by atoms with Crippen molar-refractivity contribution in [1.29, 1.82) is 0 Å². The molecule has 112 valence electrons. The van der Waals surface area contributed by atoms with E-state index in [0.29, 0.717) is 5.88 Å². The summed E-state index contributed by atoms with van der Waals surface area (Å²) in [5, 5.41) is 0. The molecule has 2 nitrogen and oxygen atoms in total. The molecule has 0 heterocycles. The van der Waals surface area contributed by atoms with Crippen molar-refractivity contribution in [3.05, 3.63) is 35.9 Å². The third-order valence-electron chi connectivity index (χ3n) is 3.78. The molecule has 0 N–H and O–H groups in total. The van der Waals surface area contributed by atoms with E-state index in [4.69, 9.17) is 11.6 Å². The van der Waals surface area contributed by atoms with Gasteiger partial charge in [0.15, 0.2) is 0 Å². The Hall–Kier alpha value is -1.02. The van der Waals surface area contributed by atoms with Gasteiger partial charge in [-0.1, -0.05) is 50.6 Å². The SMILES string of the molecule is CCC.CCN(C)C(=O)[C@@]1(c2ccccc2)CC1CCl. The molecule has 1 aromatic carbocycles. The Bertz CT molecular complexity index is 420. The molecule has 0 aromatic heterocycles. The summed E-state index contributed by atoms with van der Waals surface area (Å²) in [4.78, 5) is 14.3. The molecular formula is C17H26ClNO. The molecule has 1 amide bonds. The van der Waals surface area contributed by atoms with Crippen molar-refractivity contribution in [1.82, 2.24) is 4.90 Å². The number of benzene rings is 1. The van der Waals surface area contributed by atoms with Crippen molar-refractivity contribution in [2.75, 3.05) is 19.5 Å². The minimum absolute atomic E-state index is 0.205. The second-order valence-electron chi connectivity index (χ2n) is 5.42. The molecule has 2 atom stereocenters. The van der Waals surface area contributed by atoms with Crippen molar-refractivity contribution in [2.24, 2.45) is 5.92 Å². The minimum Gasteiger partial charge on any atom is -0.345 e. The van der Waals surface area contributed by atoms with Crippen molar-refractivity contribution >= 4 is 17.5 Å². The van der Waals surface area contributed by atoms with Crippen LogP contribution >= 0.6 is 11.6 Å². The van der Waals surface area contributed by atoms with Crippen molar-refractivity contribution in [3.8, 4) is 0 Å². The molecule has 0 bridgehead atoms. The second-order valence-corrected chi connectivity index (χ2v) is 5.73. The third-order valence-corrected chi connectivity index (χ3v) is 4.16. The molecule has 0 spiro atoms. The van der Waals surface area contributed by atoms with Gasteiger partial charge in [0.05, 0.1) is 5.41 Å². The average Bonchev–Trinajstić information content (AvgIpc) is 3.23. The molecule has 1 aromatic rings. The Morgan fingerprint density at radius 2 is 1.85 bits per heavy atom. The van der Waals surface area contributed by atoms with Gasteiger partial charge in [-0.2, -0.15) is 0 Å². The quantitative estimate of drug-likeness (QED) is 0.767. The van der Waals surface area contributed by atoms with Gasteiger partial charge >= 0.3 is 0 Å². The van der Waals surface area contributed by atoms with E-state index in [2.05, 4.69) is 13.8 Å². The number of carbonyl (C=O) groups is 1. The normalized spacial score (nSPS) is 23.6. The number of halogens is 1. The molecule has 0 aliphatic heterocycles. The highest BCUT2D eigenvalue weighted by Crippen LogP contribution is 2.55. The number of carbonyl (C=O) groups excluding carboxylic acids is 1. The maximum absolute atomic E-state index is 12.5. The highest BCUT2D eigenvalue weighted by molar-refractivity contribution is 6.18. The zero-order chi connectivity index (χ0) is 15.2. The number of hydrogen-bond acceptors (Lipinski definition) is 1. The zero-order valence-electron chi connectivity index (χ0n) is 13.0. The van der Waals surface area contributed by atoms with Crippen LogP contribution in [0.2, 0.25) is 0 Å². The van der Waals surface area contributed by atoms with Crippen LogP contribution in [-0.2, 0) is 10.2 Å². The van der Waals surface area contributed by atoms with E-state index in [9.17, 15) is 4.79 Å². The highest BCUT2D eigenvalue weighted by atomic mass is 35.5. The minimum atomic E-state index is -0.353. The number of hydrogen-bond donors (Lipinski definition) is 0. The number of alkyl halides is 1. The van der Waals surface area contributed by atoms with E-state index >= 15 is 0 Å². The van der Waals surface area contributed by atoms with E-state index in [1.807, 2.05) is 44.3 Å². The molecule has 1 fully saturated rings. The largest absolute Gasteiger partial charge is 0.345 e. The van der Waals surface area contributed by atoms with Gasteiger partial charge < -0.3 is 4.90 Å². The van der Waals surface area contributed by atoms with E-state index in [0.717, 1.165) is 18.5 Å². The average molecular weight is 296 g/mol. The lowest BCUT2D eigenvalue weighted by molar-refractivity contribution is -0.132. The Morgan fingerprint density at radius 1 is 1.30 bits per heavy atom. The lowest BCUT2D eigenvalue weighted by Crippen LogP contribution is -2.37. The van der Waals surface area contributed by atoms with Crippen molar-refractivity contribution in [2.45, 2.75) is 39.0 Å². The fraction of sp³-hybridized carbons (Fsp3) is 0.588. The van der Waals surface area contributed by atoms with E-state index in [-0.39, 0.29) is 17.2 Å². The van der Waals surface area contributed by atoms with Gasteiger partial charge in [-0.3, -0.25) is 4.79 Å². The summed E-state index contributed by atoms with van der Waals surface area (Å²) >= 11 is 5.95. The molecule has 1 aliphatic rings. The summed E-state index contributed by atoms with van der Waals surface area (Å²) in [6.45, 7) is 6.98. The van der Waals surface area contributed by atoms with Gasteiger partial charge in [-0.25, -0.2) is 0 Å². The van der Waals surface area contributed by atoms with Crippen LogP contribution in [0.5, 0.6) is 0 Å². The van der Waals surface area contributed by atoms with Crippen LogP contribution in [0.1, 0.15) is 39.2 Å². The third kappa shape index (κ3) is 3.35. The van der Waals surface area contributed by atoms with Crippen molar-refractivity contribution < 1.29 is 4.79 Å². The highest BCUT2D eigenvalue weighted by Gasteiger charge is 2.61. The summed E-state index contributed by atoms with van der Waals surface area (Å²) < 4.78 is 0. The summed E-state index contributed by atoms with van der Waals surface area (Å²) in [5.41, 5.74) is 0.754. The first-order valence-electron chi connectivity index (χ1n) is 7.45. The van der Waals surface area contributed by atoms with Gasteiger partial charge in [0.1, 0.15) is 0 Å². The zero-order valence-corrected chi connectivity index (χ0v) is 13.8. The molecule has 1 unspecified atom stereocenters. The summed E-state index contributed by atoms with van der Waals surface area (Å²) in [5.74, 6) is 1.04. The summed E-state index contributed by atoms with van der Waals surface area (Å²) in [7, 11) is 1.86. The molecule has 20 heavy (non-hydrogen) atoms. The lowest BCUT2D eigenvalue weighted by Gasteiger charge is -2.23. The smallest absolute Gasteiger partial charge is 0.233 e. The van der Waals surface area contributed by atoms with Crippen LogP contribution in [0.3, 0.4) is 0 Å². The van der Waals surface area contributed by atoms with Crippen LogP contribution in [0.15, 0.2) is 30.3 Å². The summed E-state index contributed by atoms with van der Waals surface area (Å²) in [6.07, 6.45) is 2.13. The van der Waals surface area contributed by atoms with Crippen LogP contribution in [0.4, 0.5) is 0 Å². The lowest BCUT2D eigenvalue weighted by atomic mass is 9.92. The van der Waals surface area contributed by atoms with Crippen LogP contribution < -0.4 is 0 Å². The topological polar surface area (TPSA) is 20.3 Å². The molecule has 1 aliphatic carbocycles. The number of rotatable bonds is 4. The Balaban J connectivity index is 0.000000612. The molecule has 2 rings (SSSR count). The van der Waals surface area contributed by atoms with Crippen molar-refractivity contribution in [3.63, 3.8) is 0 Å². The Kier molecular flexibility index (Phi) is 6.54. The molecule has 0 saturated heterocycles. The number of amides is 1. The maximum Gasteiger partial charge on any atom is 0.233 e. The standard InChI is InChI=1S/C14H18ClNO.C3H8/c1-3-16(2)13(17)14(9-12(14)10-15)11-7-5-4-6-8-11;1-3-2/h4-8,12H,3,9-10H2,1-2H3;3H2,1-2H3/t12?,14-;/m1./s1. The van der Waals surface area contributed by atoms with Crippen LogP contribution in [0, 0.1) is 5.92 Å². The van der Waals surface area contributed by atoms with Gasteiger partial charge in [0, 0.05) is 19.5 Å². The molecule has 1 saturated carbocycles. The number of nitrogens with zero attached hydrogens (tertiary/aromatic N) is 1. The van der Waals surface area contributed by atoms with Gasteiger partial charge in [-0.15, -0.1) is 11.6 Å². The fourth-order valence-electron chi connectivity index (χ4n) is 2.47. The Morgan fingerprint density at radius 3 is 2.25 bits per heavy atom. The van der Waals surface area contributed by atoms with Crippen LogP contribution in [-0.4, -0.2) is 30.3 Å². The van der Waals surface area contributed by atoms with Crippen LogP contribution in [0.25, 0.3) is 0 Å². The molecular weight excluding hydrogens is 270 g/mol. The first-order valence-corrected chi connectivity index (χ1v) is 7.98. The van der Waals surface area contributed by atoms with E-state index in [1.165, 1.54) is 6.42 Å². The van der Waals surface area contributed by atoms with Gasteiger partial charge in [-0.05, 0) is 24.8 Å². The maximum atomic E-state index is 12.5. The predicted octanol–water partition coefficient (Wildman–Crippen LogP) is 4.08. The number of likely N-dealkylation sites (N-methyl/N-ethyl adjacent to an activating group) is 1. The van der Waals surface area contributed by atoms with E-state index < -0.39 is 0 Å². The Labute approximate surface area is 128 Å². The fourth-order valence-corrected chi connectivity index (χ4v) is 2.85. The molecule has 3 heteroatoms. The van der Waals surface area contributed by atoms with Gasteiger partial charge in [0.25, 0.3) is 0 Å². The van der Waals surface area contributed by atoms with Gasteiger partial charge in [0.2, 0.25) is 5.91 Å². The van der Waals surface area contributed by atoms with E-state index in [1.54, 1.807) is 4.90 Å². The predicted molar refractivity (Wildman–Crippen MR) is 86.2 cm³/mol. The second kappa shape index (κ2) is 7.68. The first-order chi connectivity index (χ1) is 9.58. The molecule has 0 radical (unpaired) electrons. The summed E-state index contributed by atoms with van der Waals surface area (Å²) in [6, 6.07) is 10.0.